The third-order valence-corrected chi connectivity index (χ3v) is 3.25. The Morgan fingerprint density at radius 3 is 2.08 bits per heavy atom. The molecule has 0 fully saturated rings. The first-order chi connectivity index (χ1) is 11.6. The van der Waals surface area contributed by atoms with E-state index < -0.39 is 40.7 Å². The summed E-state index contributed by atoms with van der Waals surface area (Å²) in [6, 6.07) is 0. The van der Waals surface area contributed by atoms with Gasteiger partial charge in [0.1, 0.15) is 0 Å². The summed E-state index contributed by atoms with van der Waals surface area (Å²) in [7, 11) is -4.06. The average Bonchev–Trinajstić information content (AvgIpc) is 2.50. The van der Waals surface area contributed by atoms with Crippen LogP contribution in [-0.4, -0.2) is 39.4 Å². The summed E-state index contributed by atoms with van der Waals surface area (Å²) in [6.07, 6.45) is 3.67. The fourth-order valence-electron chi connectivity index (χ4n) is 1.00. The number of rotatable bonds is 11. The van der Waals surface area contributed by atoms with Gasteiger partial charge in [-0.1, -0.05) is 40.0 Å². The Labute approximate surface area is 181 Å². The van der Waals surface area contributed by atoms with Crippen molar-refractivity contribution >= 4 is 28.3 Å². The molecule has 0 spiro atoms. The molecule has 0 unspecified atom stereocenters. The van der Waals surface area contributed by atoms with Gasteiger partial charge in [-0.2, -0.15) is 21.3 Å². The first kappa shape index (κ1) is 30.4. The molecule has 0 aromatic rings. The minimum atomic E-state index is -4.06. The Balaban J connectivity index is -0.000000649. The van der Waals surface area contributed by atoms with Crippen molar-refractivity contribution in [2.45, 2.75) is 53.4 Å². The van der Waals surface area contributed by atoms with E-state index in [-0.39, 0.29) is 39.1 Å². The van der Waals surface area contributed by atoms with E-state index in [0.717, 1.165) is 0 Å². The summed E-state index contributed by atoms with van der Waals surface area (Å²) in [6.45, 7) is 9.95. The zero-order valence-corrected chi connectivity index (χ0v) is 19.5. The second kappa shape index (κ2) is 18.0. The first-order valence-electron chi connectivity index (χ1n) is 7.89. The predicted molar refractivity (Wildman–Crippen MR) is 91.1 cm³/mol. The summed E-state index contributed by atoms with van der Waals surface area (Å²) >= 11 is 0. The van der Waals surface area contributed by atoms with Gasteiger partial charge in [-0.15, -0.1) is 0 Å². The van der Waals surface area contributed by atoms with Crippen molar-refractivity contribution in [2.75, 3.05) is 12.7 Å². The van der Waals surface area contributed by atoms with E-state index in [1.54, 1.807) is 13.8 Å². The molecule has 26 heavy (non-hydrogen) atoms. The normalized spacial score (nSPS) is 10.4. The molecule has 0 aliphatic heterocycles. The molecular formula is C16H28O8SY-2. The first-order valence-corrected chi connectivity index (χ1v) is 9.47. The standard InChI is InChI=1S/C11H19O7S.C5H9O.Y/c1-4-5-6-10(12)16-7-18-19(14,15)8-17-11(13)9(2)3;1-5(2)3-4-6;/h9H,1,4-8H2,2-3H3;5H,3H2,1-2H3;/q2*-1;. The topological polar surface area (TPSA) is 113 Å². The van der Waals surface area contributed by atoms with Gasteiger partial charge >= 0.3 is 22.1 Å². The predicted octanol–water partition coefficient (Wildman–Crippen LogP) is 2.13. The minimum Gasteiger partial charge on any atom is -0.542 e. The van der Waals surface area contributed by atoms with Crippen LogP contribution >= 0.6 is 0 Å². The Kier molecular flexibility index (Phi) is 21.0. The average molecular weight is 469 g/mol. The minimum absolute atomic E-state index is 0. The smallest absolute Gasteiger partial charge is 0.309 e. The Hall–Kier alpha value is -0.376. The van der Waals surface area contributed by atoms with Crippen LogP contribution in [-0.2, 0) is 70.9 Å². The van der Waals surface area contributed by atoms with Gasteiger partial charge in [0, 0.05) is 39.1 Å². The molecule has 0 heterocycles. The summed E-state index contributed by atoms with van der Waals surface area (Å²) in [4.78, 5) is 31.6. The molecule has 0 aliphatic carbocycles. The molecule has 1 radical (unpaired) electrons. The SMILES string of the molecule is CC(C)C[C-]=O.[CH2-]CCCC(=O)OCOS(=O)(=O)COC(=O)C(C)C.[Y]. The zero-order valence-electron chi connectivity index (χ0n) is 15.9. The van der Waals surface area contributed by atoms with E-state index >= 15 is 0 Å². The van der Waals surface area contributed by atoms with Gasteiger partial charge in [-0.05, 0) is 0 Å². The van der Waals surface area contributed by atoms with E-state index in [9.17, 15) is 22.8 Å². The molecule has 0 aliphatic rings. The quantitative estimate of drug-likeness (QED) is 0.196. The maximum absolute atomic E-state index is 11.3. The monoisotopic (exact) mass is 469 g/mol. The Morgan fingerprint density at radius 2 is 1.69 bits per heavy atom. The van der Waals surface area contributed by atoms with E-state index in [0.29, 0.717) is 25.2 Å². The molecule has 0 amide bonds. The largest absolute Gasteiger partial charge is 0.542 e. The molecule has 8 nitrogen and oxygen atoms in total. The van der Waals surface area contributed by atoms with Gasteiger partial charge in [0.05, 0.1) is 5.92 Å². The van der Waals surface area contributed by atoms with Crippen molar-refractivity contribution in [1.29, 1.82) is 0 Å². The van der Waals surface area contributed by atoms with Crippen LogP contribution in [0.15, 0.2) is 0 Å². The third kappa shape index (κ3) is 21.7. The van der Waals surface area contributed by atoms with Crippen molar-refractivity contribution in [3.8, 4) is 0 Å². The van der Waals surface area contributed by atoms with Gasteiger partial charge in [0.15, 0.2) is 0 Å². The van der Waals surface area contributed by atoms with Crippen LogP contribution in [0.25, 0.3) is 0 Å². The summed E-state index contributed by atoms with van der Waals surface area (Å²) in [5.41, 5.74) is 0. The molecule has 0 saturated carbocycles. The number of hydrogen-bond donors (Lipinski definition) is 0. The molecule has 0 N–H and O–H groups in total. The molecular weight excluding hydrogens is 441 g/mol. The Bertz CT molecular complexity index is 488. The number of ether oxygens (including phenoxy) is 2. The van der Waals surface area contributed by atoms with Crippen molar-refractivity contribution < 1.29 is 69.2 Å². The van der Waals surface area contributed by atoms with Crippen LogP contribution in [0.1, 0.15) is 53.4 Å². The second-order valence-corrected chi connectivity index (χ2v) is 7.33. The summed E-state index contributed by atoms with van der Waals surface area (Å²) in [5, 5.41) is 0. The van der Waals surface area contributed by atoms with Crippen LogP contribution < -0.4 is 0 Å². The van der Waals surface area contributed by atoms with E-state index in [2.05, 4.69) is 20.6 Å². The van der Waals surface area contributed by atoms with Crippen molar-refractivity contribution in [2.24, 2.45) is 11.8 Å². The summed E-state index contributed by atoms with van der Waals surface area (Å²) < 4.78 is 35.9. The maximum atomic E-state index is 11.3. The van der Waals surface area contributed by atoms with Crippen molar-refractivity contribution in [3.63, 3.8) is 0 Å². The van der Waals surface area contributed by atoms with Gasteiger partial charge in [0.2, 0.25) is 12.7 Å². The van der Waals surface area contributed by atoms with E-state index in [1.165, 1.54) is 0 Å². The molecule has 0 aromatic carbocycles. The van der Waals surface area contributed by atoms with Gasteiger partial charge in [0.25, 0.3) is 0 Å². The summed E-state index contributed by atoms with van der Waals surface area (Å²) in [5.74, 6) is -2.09. The molecule has 151 valence electrons. The third-order valence-electron chi connectivity index (χ3n) is 2.39. The number of hydrogen-bond acceptors (Lipinski definition) is 8. The van der Waals surface area contributed by atoms with Crippen molar-refractivity contribution in [1.82, 2.24) is 0 Å². The molecule has 0 rings (SSSR count). The Morgan fingerprint density at radius 1 is 1.12 bits per heavy atom. The molecule has 0 bridgehead atoms. The fraction of sp³-hybridized carbons (Fsp3) is 0.750. The van der Waals surface area contributed by atoms with Gasteiger partial charge in [-0.3, -0.25) is 15.9 Å². The number of carbonyl (C=O) groups is 2. The molecule has 0 aromatic heterocycles. The van der Waals surface area contributed by atoms with Crippen LogP contribution in [0, 0.1) is 18.8 Å². The molecule has 0 atom stereocenters. The van der Waals surface area contributed by atoms with Crippen LogP contribution in [0.4, 0.5) is 0 Å². The molecule has 0 saturated heterocycles. The van der Waals surface area contributed by atoms with Gasteiger partial charge < -0.3 is 21.2 Å². The van der Waals surface area contributed by atoms with E-state index in [4.69, 9.17) is 0 Å². The van der Waals surface area contributed by atoms with Crippen LogP contribution in [0.3, 0.4) is 0 Å². The van der Waals surface area contributed by atoms with Crippen LogP contribution in [0.2, 0.25) is 0 Å². The number of esters is 2. The second-order valence-electron chi connectivity index (χ2n) is 5.75. The zero-order chi connectivity index (χ0) is 19.9. The number of unbranched alkanes of at least 4 members (excludes halogenated alkanes) is 1. The van der Waals surface area contributed by atoms with Gasteiger partial charge in [-0.25, -0.2) is 4.18 Å². The maximum Gasteiger partial charge on any atom is 0.309 e. The van der Waals surface area contributed by atoms with Crippen molar-refractivity contribution in [3.05, 3.63) is 6.92 Å². The number of carbonyl (C=O) groups excluding carboxylic acids is 3. The van der Waals surface area contributed by atoms with E-state index in [1.807, 2.05) is 20.1 Å². The van der Waals surface area contributed by atoms with Crippen LogP contribution in [0.5, 0.6) is 0 Å². The fourth-order valence-corrected chi connectivity index (χ4v) is 1.53. The molecule has 10 heteroatoms.